The highest BCUT2D eigenvalue weighted by molar-refractivity contribution is 9.10. The van der Waals surface area contributed by atoms with Crippen LogP contribution in [0.25, 0.3) is 0 Å². The molecule has 0 N–H and O–H groups in total. The molecule has 1 aromatic carbocycles. The third-order valence-corrected chi connectivity index (χ3v) is 3.25. The average molecular weight is 354 g/mol. The van der Waals surface area contributed by atoms with Crippen LogP contribution in [0.2, 0.25) is 0 Å². The Morgan fingerprint density at radius 2 is 2.25 bits per heavy atom. The van der Waals surface area contributed by atoms with Crippen LogP contribution in [0.4, 0.5) is 4.39 Å². The maximum atomic E-state index is 13.0. The van der Waals surface area contributed by atoms with Gasteiger partial charge in [0, 0.05) is 0 Å². The van der Waals surface area contributed by atoms with Crippen LogP contribution in [0.1, 0.15) is 12.5 Å². The van der Waals surface area contributed by atoms with Gasteiger partial charge in [0.25, 0.3) is 0 Å². The van der Waals surface area contributed by atoms with Crippen LogP contribution in [0.3, 0.4) is 0 Å². The molecule has 0 spiro atoms. The Hall–Kier alpha value is -0.420. The third kappa shape index (κ3) is 3.87. The van der Waals surface area contributed by atoms with Crippen molar-refractivity contribution in [3.63, 3.8) is 0 Å². The van der Waals surface area contributed by atoms with Crippen molar-refractivity contribution in [3.05, 3.63) is 34.1 Å². The van der Waals surface area contributed by atoms with Crippen molar-refractivity contribution in [3.8, 4) is 0 Å². The largest absolute Gasteiger partial charge is 0.465 e. The summed E-state index contributed by atoms with van der Waals surface area (Å²) in [6.45, 7) is 2.11. The van der Waals surface area contributed by atoms with Gasteiger partial charge in [-0.2, -0.15) is 0 Å². The minimum atomic E-state index is -0.398. The molecule has 0 aliphatic carbocycles. The fraction of sp³-hybridized carbons (Fsp3) is 0.364. The average Bonchev–Trinajstić information content (AvgIpc) is 2.24. The van der Waals surface area contributed by atoms with Crippen molar-refractivity contribution in [2.75, 3.05) is 6.61 Å². The number of carbonyl (C=O) groups excluding carboxylic acids is 1. The Bertz CT molecular complexity index is 382. The van der Waals surface area contributed by atoms with E-state index in [9.17, 15) is 9.18 Å². The number of benzene rings is 1. The Kier molecular flexibility index (Phi) is 5.41. The first-order valence-corrected chi connectivity index (χ1v) is 6.50. The molecule has 0 aromatic heterocycles. The van der Waals surface area contributed by atoms with Gasteiger partial charge in [-0.3, -0.25) is 4.79 Å². The van der Waals surface area contributed by atoms with Crippen LogP contribution in [0, 0.1) is 5.82 Å². The van der Waals surface area contributed by atoms with Crippen molar-refractivity contribution < 1.29 is 13.9 Å². The molecule has 0 radical (unpaired) electrons. The van der Waals surface area contributed by atoms with Crippen molar-refractivity contribution >= 4 is 37.8 Å². The molecule has 2 nitrogen and oxygen atoms in total. The molecule has 0 saturated carbocycles. The van der Waals surface area contributed by atoms with Gasteiger partial charge in [0.2, 0.25) is 0 Å². The van der Waals surface area contributed by atoms with Crippen molar-refractivity contribution in [2.24, 2.45) is 0 Å². The SMILES string of the molecule is CCOC(=O)C(Br)Cc1ccc(F)c(Br)c1. The van der Waals surface area contributed by atoms with Gasteiger partial charge >= 0.3 is 5.97 Å². The van der Waals surface area contributed by atoms with Crippen LogP contribution >= 0.6 is 31.9 Å². The van der Waals surface area contributed by atoms with Crippen molar-refractivity contribution in [1.29, 1.82) is 0 Å². The Morgan fingerprint density at radius 3 is 2.81 bits per heavy atom. The topological polar surface area (TPSA) is 26.3 Å². The molecule has 0 heterocycles. The van der Waals surface area contributed by atoms with Gasteiger partial charge in [-0.05, 0) is 47.0 Å². The molecule has 1 atom stereocenters. The van der Waals surface area contributed by atoms with Gasteiger partial charge in [0.05, 0.1) is 11.1 Å². The first-order valence-electron chi connectivity index (χ1n) is 4.79. The molecule has 1 rings (SSSR count). The van der Waals surface area contributed by atoms with E-state index in [-0.39, 0.29) is 11.8 Å². The molecule has 5 heteroatoms. The van der Waals surface area contributed by atoms with Crippen molar-refractivity contribution in [2.45, 2.75) is 18.2 Å². The van der Waals surface area contributed by atoms with Crippen LogP contribution in [-0.4, -0.2) is 17.4 Å². The zero-order valence-electron chi connectivity index (χ0n) is 8.67. The number of halogens is 3. The molecule has 0 bridgehead atoms. The smallest absolute Gasteiger partial charge is 0.320 e. The Labute approximate surface area is 110 Å². The molecule has 0 aliphatic rings. The minimum absolute atomic E-state index is 0.303. The lowest BCUT2D eigenvalue weighted by atomic mass is 10.1. The maximum Gasteiger partial charge on any atom is 0.320 e. The Morgan fingerprint density at radius 1 is 1.56 bits per heavy atom. The molecule has 1 aromatic rings. The number of carbonyl (C=O) groups is 1. The normalized spacial score (nSPS) is 12.2. The summed E-state index contributed by atoms with van der Waals surface area (Å²) in [5, 5.41) is 0. The van der Waals surface area contributed by atoms with Gasteiger partial charge < -0.3 is 4.74 Å². The van der Waals surface area contributed by atoms with E-state index >= 15 is 0 Å². The summed E-state index contributed by atoms with van der Waals surface area (Å²) >= 11 is 6.34. The number of hydrogen-bond donors (Lipinski definition) is 0. The highest BCUT2D eigenvalue weighted by atomic mass is 79.9. The van der Waals surface area contributed by atoms with E-state index in [1.54, 1.807) is 19.1 Å². The summed E-state index contributed by atoms with van der Waals surface area (Å²) in [5.74, 6) is -0.617. The third-order valence-electron chi connectivity index (χ3n) is 1.94. The van der Waals surface area contributed by atoms with Crippen LogP contribution < -0.4 is 0 Å². The quantitative estimate of drug-likeness (QED) is 0.612. The van der Waals surface area contributed by atoms with E-state index in [1.165, 1.54) is 6.07 Å². The summed E-state index contributed by atoms with van der Waals surface area (Å²) in [5.41, 5.74) is 0.864. The number of rotatable bonds is 4. The van der Waals surface area contributed by atoms with Crippen LogP contribution in [0.15, 0.2) is 22.7 Å². The predicted octanol–water partition coefficient (Wildman–Crippen LogP) is 3.46. The predicted molar refractivity (Wildman–Crippen MR) is 67.2 cm³/mol. The number of hydrogen-bond acceptors (Lipinski definition) is 2. The van der Waals surface area contributed by atoms with Gasteiger partial charge in [-0.15, -0.1) is 0 Å². The van der Waals surface area contributed by atoms with E-state index in [2.05, 4.69) is 31.9 Å². The zero-order chi connectivity index (χ0) is 12.1. The van der Waals surface area contributed by atoms with E-state index < -0.39 is 4.83 Å². The number of esters is 1. The second-order valence-electron chi connectivity index (χ2n) is 3.17. The fourth-order valence-electron chi connectivity index (χ4n) is 1.19. The molecule has 0 aliphatic heterocycles. The summed E-state index contributed by atoms with van der Waals surface area (Å²) in [6.07, 6.45) is 0.470. The lowest BCUT2D eigenvalue weighted by Crippen LogP contribution is -2.19. The highest BCUT2D eigenvalue weighted by Crippen LogP contribution is 2.19. The number of alkyl halides is 1. The maximum absolute atomic E-state index is 13.0. The summed E-state index contributed by atoms with van der Waals surface area (Å²) in [7, 11) is 0. The highest BCUT2D eigenvalue weighted by Gasteiger charge is 2.16. The monoisotopic (exact) mass is 352 g/mol. The first-order chi connectivity index (χ1) is 7.54. The zero-order valence-corrected chi connectivity index (χ0v) is 11.8. The van der Waals surface area contributed by atoms with Crippen LogP contribution in [-0.2, 0) is 16.0 Å². The molecule has 0 amide bonds. The lowest BCUT2D eigenvalue weighted by molar-refractivity contribution is -0.142. The molecule has 0 fully saturated rings. The van der Waals surface area contributed by atoms with Gasteiger partial charge in [-0.25, -0.2) is 4.39 Å². The van der Waals surface area contributed by atoms with Gasteiger partial charge in [0.1, 0.15) is 10.6 Å². The molecule has 0 saturated heterocycles. The fourth-order valence-corrected chi connectivity index (χ4v) is 2.12. The van der Waals surface area contributed by atoms with Gasteiger partial charge in [0.15, 0.2) is 0 Å². The molecule has 1 unspecified atom stereocenters. The second-order valence-corrected chi connectivity index (χ2v) is 5.13. The first kappa shape index (κ1) is 13.6. The van der Waals surface area contributed by atoms with Crippen LogP contribution in [0.5, 0.6) is 0 Å². The lowest BCUT2D eigenvalue weighted by Gasteiger charge is -2.09. The minimum Gasteiger partial charge on any atom is -0.465 e. The summed E-state index contributed by atoms with van der Waals surface area (Å²) in [4.78, 5) is 10.9. The summed E-state index contributed by atoms with van der Waals surface area (Å²) in [6, 6.07) is 4.67. The molecular weight excluding hydrogens is 343 g/mol. The van der Waals surface area contributed by atoms with E-state index in [4.69, 9.17) is 4.74 Å². The molecule has 88 valence electrons. The Balaban J connectivity index is 2.66. The van der Waals surface area contributed by atoms with E-state index in [0.717, 1.165) is 5.56 Å². The molecule has 16 heavy (non-hydrogen) atoms. The van der Waals surface area contributed by atoms with Crippen molar-refractivity contribution in [1.82, 2.24) is 0 Å². The standard InChI is InChI=1S/C11H11Br2FO2/c1-2-16-11(15)9(13)6-7-3-4-10(14)8(12)5-7/h3-5,9H,2,6H2,1H3. The second kappa shape index (κ2) is 6.35. The summed E-state index contributed by atoms with van der Waals surface area (Å²) < 4.78 is 18.2. The number of ether oxygens (including phenoxy) is 1. The van der Waals surface area contributed by atoms with E-state index in [0.29, 0.717) is 17.5 Å². The molecular formula is C11H11Br2FO2. The van der Waals surface area contributed by atoms with Gasteiger partial charge in [-0.1, -0.05) is 22.0 Å². The van der Waals surface area contributed by atoms with E-state index in [1.807, 2.05) is 0 Å².